The van der Waals surface area contributed by atoms with Crippen LogP contribution in [0.4, 0.5) is 4.39 Å². The molecule has 0 saturated heterocycles. The number of hydrogen-bond donors (Lipinski definition) is 3. The second-order valence-corrected chi connectivity index (χ2v) is 6.14. The van der Waals surface area contributed by atoms with Crippen LogP contribution < -0.4 is 5.32 Å². The van der Waals surface area contributed by atoms with Crippen LogP contribution in [0.15, 0.2) is 22.7 Å². The Bertz CT molecular complexity index is 752. The van der Waals surface area contributed by atoms with Gasteiger partial charge in [0.05, 0.1) is 5.52 Å². The van der Waals surface area contributed by atoms with Crippen LogP contribution in [-0.4, -0.2) is 27.5 Å². The number of carbonyl (C=O) groups is 2. The summed E-state index contributed by atoms with van der Waals surface area (Å²) in [6.07, 6.45) is 1.59. The van der Waals surface area contributed by atoms with Gasteiger partial charge in [0.1, 0.15) is 17.1 Å². The normalized spacial score (nSPS) is 16.5. The van der Waals surface area contributed by atoms with E-state index >= 15 is 0 Å². The number of benzene rings is 1. The fraction of sp³-hybridized carbons (Fsp3) is 0.286. The minimum atomic E-state index is -1.19. The fourth-order valence-corrected chi connectivity index (χ4v) is 2.92. The van der Waals surface area contributed by atoms with E-state index in [4.69, 9.17) is 0 Å². The molecule has 0 spiro atoms. The first-order valence-electron chi connectivity index (χ1n) is 6.45. The number of aromatic nitrogens is 1. The highest BCUT2D eigenvalue weighted by molar-refractivity contribution is 9.10. The molecule has 21 heavy (non-hydrogen) atoms. The quantitative estimate of drug-likeness (QED) is 0.792. The van der Waals surface area contributed by atoms with E-state index in [1.54, 1.807) is 6.07 Å². The van der Waals surface area contributed by atoms with Crippen molar-refractivity contribution in [1.82, 2.24) is 10.3 Å². The van der Waals surface area contributed by atoms with Gasteiger partial charge in [-0.1, -0.05) is 15.9 Å². The highest BCUT2D eigenvalue weighted by Gasteiger charge is 2.45. The summed E-state index contributed by atoms with van der Waals surface area (Å²) in [6.45, 7) is 0. The molecule has 1 heterocycles. The van der Waals surface area contributed by atoms with Gasteiger partial charge >= 0.3 is 5.97 Å². The van der Waals surface area contributed by atoms with Crippen molar-refractivity contribution in [3.8, 4) is 0 Å². The Morgan fingerprint density at radius 3 is 2.62 bits per heavy atom. The molecular formula is C14H12BrFN2O3. The van der Waals surface area contributed by atoms with Crippen LogP contribution >= 0.6 is 15.9 Å². The summed E-state index contributed by atoms with van der Waals surface area (Å²) in [5.41, 5.74) is -0.562. The molecule has 2 aromatic rings. The van der Waals surface area contributed by atoms with E-state index in [0.717, 1.165) is 6.42 Å². The average Bonchev–Trinajstić information content (AvgIpc) is 2.77. The number of fused-ring (bicyclic) bond motifs is 1. The lowest BCUT2D eigenvalue weighted by atomic mass is 9.76. The first-order chi connectivity index (χ1) is 9.91. The number of carboxylic acids is 1. The Kier molecular flexibility index (Phi) is 3.24. The highest BCUT2D eigenvalue weighted by atomic mass is 79.9. The Labute approximate surface area is 127 Å². The smallest absolute Gasteiger partial charge is 0.329 e. The maximum atomic E-state index is 13.8. The van der Waals surface area contributed by atoms with Crippen molar-refractivity contribution in [2.45, 2.75) is 24.8 Å². The molecule has 0 unspecified atom stereocenters. The maximum absolute atomic E-state index is 13.8. The van der Waals surface area contributed by atoms with Crippen LogP contribution in [0.3, 0.4) is 0 Å². The molecule has 5 nitrogen and oxygen atoms in total. The van der Waals surface area contributed by atoms with Crippen LogP contribution in [0, 0.1) is 5.82 Å². The van der Waals surface area contributed by atoms with Gasteiger partial charge in [-0.15, -0.1) is 0 Å². The minimum Gasteiger partial charge on any atom is -0.480 e. The van der Waals surface area contributed by atoms with E-state index in [9.17, 15) is 19.1 Å². The number of amides is 1. The number of aromatic amines is 1. The lowest BCUT2D eigenvalue weighted by Gasteiger charge is -2.38. The van der Waals surface area contributed by atoms with Crippen molar-refractivity contribution in [2.24, 2.45) is 0 Å². The van der Waals surface area contributed by atoms with Crippen molar-refractivity contribution in [3.05, 3.63) is 34.2 Å². The third-order valence-corrected chi connectivity index (χ3v) is 4.32. The number of hydrogen-bond acceptors (Lipinski definition) is 2. The molecule has 1 aliphatic rings. The van der Waals surface area contributed by atoms with Crippen molar-refractivity contribution in [1.29, 1.82) is 0 Å². The van der Waals surface area contributed by atoms with Gasteiger partial charge in [-0.3, -0.25) is 4.79 Å². The van der Waals surface area contributed by atoms with Crippen LogP contribution in [0.25, 0.3) is 10.9 Å². The molecule has 0 bridgehead atoms. The van der Waals surface area contributed by atoms with Gasteiger partial charge < -0.3 is 15.4 Å². The second-order valence-electron chi connectivity index (χ2n) is 5.23. The van der Waals surface area contributed by atoms with Gasteiger partial charge in [-0.25, -0.2) is 9.18 Å². The molecule has 0 aliphatic heterocycles. The van der Waals surface area contributed by atoms with Gasteiger partial charge in [-0.2, -0.15) is 0 Å². The summed E-state index contributed by atoms with van der Waals surface area (Å²) >= 11 is 3.18. The first kappa shape index (κ1) is 14.1. The first-order valence-corrected chi connectivity index (χ1v) is 7.24. The predicted molar refractivity (Wildman–Crippen MR) is 77.6 cm³/mol. The maximum Gasteiger partial charge on any atom is 0.329 e. The van der Waals surface area contributed by atoms with Crippen LogP contribution in [0.5, 0.6) is 0 Å². The lowest BCUT2D eigenvalue weighted by Crippen LogP contribution is -2.59. The number of carboxylic acid groups (broad SMARTS) is 1. The number of H-pyrrole nitrogens is 1. The third-order valence-electron chi connectivity index (χ3n) is 3.87. The number of nitrogens with one attached hydrogen (secondary N) is 2. The number of rotatable bonds is 3. The van der Waals surface area contributed by atoms with E-state index < -0.39 is 23.2 Å². The summed E-state index contributed by atoms with van der Waals surface area (Å²) in [6, 6.07) is 4.36. The Morgan fingerprint density at radius 2 is 2.05 bits per heavy atom. The van der Waals surface area contributed by atoms with E-state index in [-0.39, 0.29) is 5.69 Å². The topological polar surface area (TPSA) is 82.2 Å². The third kappa shape index (κ3) is 2.31. The molecule has 1 saturated carbocycles. The molecule has 1 aromatic carbocycles. The SMILES string of the molecule is O=C(NC1(C(=O)O)CCC1)c1cc2c(F)cc(Br)cc2[nH]1. The molecule has 0 radical (unpaired) electrons. The Balaban J connectivity index is 1.92. The minimum absolute atomic E-state index is 0.148. The van der Waals surface area contributed by atoms with Gasteiger partial charge in [0, 0.05) is 9.86 Å². The molecule has 1 aromatic heterocycles. The monoisotopic (exact) mass is 354 g/mol. The molecule has 3 rings (SSSR count). The molecule has 110 valence electrons. The van der Waals surface area contributed by atoms with Crippen LogP contribution in [0.2, 0.25) is 0 Å². The predicted octanol–water partition coefficient (Wildman–Crippen LogP) is 2.81. The van der Waals surface area contributed by atoms with Gasteiger partial charge in [0.25, 0.3) is 5.91 Å². The summed E-state index contributed by atoms with van der Waals surface area (Å²) < 4.78 is 14.3. The summed E-state index contributed by atoms with van der Waals surface area (Å²) in [7, 11) is 0. The largest absolute Gasteiger partial charge is 0.480 e. The van der Waals surface area contributed by atoms with E-state index in [2.05, 4.69) is 26.2 Å². The average molecular weight is 355 g/mol. The Morgan fingerprint density at radius 1 is 1.33 bits per heavy atom. The Hall–Kier alpha value is -1.89. The van der Waals surface area contributed by atoms with E-state index in [1.165, 1.54) is 12.1 Å². The van der Waals surface area contributed by atoms with Crippen molar-refractivity contribution < 1.29 is 19.1 Å². The van der Waals surface area contributed by atoms with Gasteiger partial charge in [-0.05, 0) is 37.5 Å². The zero-order valence-electron chi connectivity index (χ0n) is 10.9. The fourth-order valence-electron chi connectivity index (χ4n) is 2.49. The number of aliphatic carboxylic acids is 1. The number of carbonyl (C=O) groups excluding carboxylic acids is 1. The second kappa shape index (κ2) is 4.84. The van der Waals surface area contributed by atoms with Crippen molar-refractivity contribution in [3.63, 3.8) is 0 Å². The summed E-state index contributed by atoms with van der Waals surface area (Å²) in [5.74, 6) is -2.03. The van der Waals surface area contributed by atoms with Crippen LogP contribution in [-0.2, 0) is 4.79 Å². The summed E-state index contributed by atoms with van der Waals surface area (Å²) in [4.78, 5) is 26.2. The van der Waals surface area contributed by atoms with Crippen LogP contribution in [0.1, 0.15) is 29.8 Å². The molecule has 1 aliphatic carbocycles. The zero-order chi connectivity index (χ0) is 15.2. The molecule has 1 amide bonds. The number of halogens is 2. The van der Waals surface area contributed by atoms with Gasteiger partial charge in [0.15, 0.2) is 0 Å². The molecule has 7 heteroatoms. The lowest BCUT2D eigenvalue weighted by molar-refractivity contribution is -0.148. The van der Waals surface area contributed by atoms with Gasteiger partial charge in [0.2, 0.25) is 0 Å². The molecular weight excluding hydrogens is 343 g/mol. The standard InChI is InChI=1S/C14H12BrFN2O3/c15-7-4-9(16)8-6-11(17-10(8)5-7)12(19)18-14(13(20)21)2-1-3-14/h4-6,17H,1-3H2,(H,18,19)(H,20,21). The molecule has 1 fully saturated rings. The summed E-state index contributed by atoms with van der Waals surface area (Å²) in [5, 5.41) is 12.0. The highest BCUT2D eigenvalue weighted by Crippen LogP contribution is 2.32. The zero-order valence-corrected chi connectivity index (χ0v) is 12.5. The van der Waals surface area contributed by atoms with E-state index in [0.29, 0.717) is 28.2 Å². The van der Waals surface area contributed by atoms with E-state index in [1.807, 2.05) is 0 Å². The molecule has 3 N–H and O–H groups in total. The van der Waals surface area contributed by atoms with Crippen molar-refractivity contribution >= 4 is 38.7 Å². The van der Waals surface area contributed by atoms with Crippen molar-refractivity contribution in [2.75, 3.05) is 0 Å². The molecule has 0 atom stereocenters.